The van der Waals surface area contributed by atoms with Crippen LogP contribution in [-0.4, -0.2) is 37.6 Å². The van der Waals surface area contributed by atoms with Gasteiger partial charge < -0.3 is 14.2 Å². The summed E-state index contributed by atoms with van der Waals surface area (Å²) in [6.07, 6.45) is 2.56. The molecule has 0 aliphatic carbocycles. The van der Waals surface area contributed by atoms with E-state index in [1.54, 1.807) is 0 Å². The Labute approximate surface area is 88.2 Å². The van der Waals surface area contributed by atoms with E-state index in [9.17, 15) is 0 Å². The minimum absolute atomic E-state index is 0.260. The molecule has 0 N–H and O–H groups in total. The topological polar surface area (TPSA) is 27.7 Å². The van der Waals surface area contributed by atoms with E-state index in [1.807, 2.05) is 0 Å². The zero-order valence-corrected chi connectivity index (χ0v) is 8.94. The van der Waals surface area contributed by atoms with Crippen molar-refractivity contribution >= 4 is 23.2 Å². The van der Waals surface area contributed by atoms with Gasteiger partial charge in [-0.15, -0.1) is 0 Å². The summed E-state index contributed by atoms with van der Waals surface area (Å²) in [6, 6.07) is 0. The Morgan fingerprint density at radius 3 is 1.77 bits per heavy atom. The third-order valence-corrected chi connectivity index (χ3v) is 2.07. The first-order valence-electron chi connectivity index (χ1n) is 4.38. The lowest BCUT2D eigenvalue weighted by molar-refractivity contribution is -0.0732. The molecule has 13 heavy (non-hydrogen) atoms. The minimum Gasteiger partial charge on any atom is -0.381 e. The second-order valence-electron chi connectivity index (χ2n) is 2.86. The van der Waals surface area contributed by atoms with Gasteiger partial charge in [-0.05, 0) is 12.8 Å². The third-order valence-electron chi connectivity index (χ3n) is 1.64. The predicted molar refractivity (Wildman–Crippen MR) is 51.3 cm³/mol. The SMILES string of the molecule is C1CCOC1.ClC1(Cl)COCCO1. The standard InChI is InChI=1S/C4H6Cl2O2.C4H8O/c5-4(6)3-7-1-2-8-4;1-2-4-5-3-1/h1-3H2;1-4H2. The summed E-state index contributed by atoms with van der Waals surface area (Å²) in [4.78, 5) is 0. The molecule has 0 atom stereocenters. The van der Waals surface area contributed by atoms with Gasteiger partial charge in [-0.25, -0.2) is 0 Å². The maximum Gasteiger partial charge on any atom is 0.241 e. The van der Waals surface area contributed by atoms with Crippen molar-refractivity contribution in [2.24, 2.45) is 0 Å². The van der Waals surface area contributed by atoms with Crippen LogP contribution >= 0.6 is 23.2 Å². The van der Waals surface area contributed by atoms with Crippen LogP contribution in [0.5, 0.6) is 0 Å². The Bertz CT molecular complexity index is 122. The number of hydrogen-bond acceptors (Lipinski definition) is 3. The third kappa shape index (κ3) is 5.70. The van der Waals surface area contributed by atoms with Gasteiger partial charge in [0.25, 0.3) is 0 Å². The molecule has 0 aromatic heterocycles. The van der Waals surface area contributed by atoms with Crippen LogP contribution in [0.1, 0.15) is 12.8 Å². The van der Waals surface area contributed by atoms with Crippen LogP contribution in [0.2, 0.25) is 0 Å². The zero-order chi connectivity index (χ0) is 9.57. The normalized spacial score (nSPS) is 26.3. The number of rotatable bonds is 0. The van der Waals surface area contributed by atoms with Crippen molar-refractivity contribution in [3.63, 3.8) is 0 Å². The predicted octanol–water partition coefficient (Wildman–Crippen LogP) is 1.96. The lowest BCUT2D eigenvalue weighted by atomic mass is 10.4. The molecule has 2 heterocycles. The highest BCUT2D eigenvalue weighted by Gasteiger charge is 2.27. The summed E-state index contributed by atoms with van der Waals surface area (Å²) in [6.45, 7) is 3.32. The Hall–Kier alpha value is 0.460. The molecule has 0 radical (unpaired) electrons. The van der Waals surface area contributed by atoms with Gasteiger partial charge in [0.05, 0.1) is 13.2 Å². The van der Waals surface area contributed by atoms with Gasteiger partial charge in [0.1, 0.15) is 6.61 Å². The monoisotopic (exact) mass is 228 g/mol. The van der Waals surface area contributed by atoms with Gasteiger partial charge in [-0.3, -0.25) is 0 Å². The smallest absolute Gasteiger partial charge is 0.241 e. The van der Waals surface area contributed by atoms with E-state index in [0.29, 0.717) is 13.2 Å². The van der Waals surface area contributed by atoms with Crippen LogP contribution in [0.4, 0.5) is 0 Å². The Morgan fingerprint density at radius 2 is 1.54 bits per heavy atom. The van der Waals surface area contributed by atoms with Crippen molar-refractivity contribution in [3.8, 4) is 0 Å². The van der Waals surface area contributed by atoms with E-state index in [0.717, 1.165) is 13.2 Å². The van der Waals surface area contributed by atoms with Gasteiger partial charge in [0.2, 0.25) is 4.52 Å². The molecule has 2 saturated heterocycles. The van der Waals surface area contributed by atoms with Crippen LogP contribution < -0.4 is 0 Å². The van der Waals surface area contributed by atoms with Crippen molar-refractivity contribution in [2.45, 2.75) is 17.4 Å². The largest absolute Gasteiger partial charge is 0.381 e. The first kappa shape index (κ1) is 11.5. The van der Waals surface area contributed by atoms with Crippen LogP contribution in [-0.2, 0) is 14.2 Å². The first-order valence-corrected chi connectivity index (χ1v) is 5.13. The van der Waals surface area contributed by atoms with E-state index in [1.165, 1.54) is 12.8 Å². The van der Waals surface area contributed by atoms with Crippen LogP contribution in [0.3, 0.4) is 0 Å². The number of ether oxygens (including phenoxy) is 3. The number of alkyl halides is 2. The van der Waals surface area contributed by atoms with Crippen LogP contribution in [0, 0.1) is 0 Å². The zero-order valence-electron chi connectivity index (χ0n) is 7.43. The average Bonchev–Trinajstić information content (AvgIpc) is 2.60. The van der Waals surface area contributed by atoms with Gasteiger partial charge in [-0.1, -0.05) is 23.2 Å². The van der Waals surface area contributed by atoms with Gasteiger partial charge in [0.15, 0.2) is 0 Å². The molecule has 0 bridgehead atoms. The van der Waals surface area contributed by atoms with E-state index in [-0.39, 0.29) is 6.61 Å². The molecule has 2 rings (SSSR count). The highest BCUT2D eigenvalue weighted by atomic mass is 35.5. The first-order chi connectivity index (χ1) is 6.21. The molecule has 0 aromatic rings. The summed E-state index contributed by atoms with van der Waals surface area (Å²) >= 11 is 11.0. The minimum atomic E-state index is -1.10. The Balaban J connectivity index is 0.000000145. The Morgan fingerprint density at radius 1 is 0.846 bits per heavy atom. The van der Waals surface area contributed by atoms with E-state index >= 15 is 0 Å². The van der Waals surface area contributed by atoms with Crippen LogP contribution in [0.15, 0.2) is 0 Å². The van der Waals surface area contributed by atoms with Crippen molar-refractivity contribution in [3.05, 3.63) is 0 Å². The van der Waals surface area contributed by atoms with E-state index < -0.39 is 4.52 Å². The lowest BCUT2D eigenvalue weighted by Crippen LogP contribution is -2.32. The molecule has 0 unspecified atom stereocenters. The molecule has 3 nitrogen and oxygen atoms in total. The van der Waals surface area contributed by atoms with E-state index in [4.69, 9.17) is 37.4 Å². The molecule has 2 aliphatic rings. The quantitative estimate of drug-likeness (QED) is 0.594. The van der Waals surface area contributed by atoms with Gasteiger partial charge >= 0.3 is 0 Å². The summed E-state index contributed by atoms with van der Waals surface area (Å²) in [5.74, 6) is 0. The van der Waals surface area contributed by atoms with Crippen molar-refractivity contribution in [1.29, 1.82) is 0 Å². The molecule has 78 valence electrons. The highest BCUT2D eigenvalue weighted by molar-refractivity contribution is 6.47. The number of hydrogen-bond donors (Lipinski definition) is 0. The van der Waals surface area contributed by atoms with E-state index in [2.05, 4.69) is 0 Å². The summed E-state index contributed by atoms with van der Waals surface area (Å²) in [5, 5.41) is 0. The van der Waals surface area contributed by atoms with Crippen molar-refractivity contribution < 1.29 is 14.2 Å². The number of halogens is 2. The van der Waals surface area contributed by atoms with Crippen molar-refractivity contribution in [1.82, 2.24) is 0 Å². The molecular weight excluding hydrogens is 215 g/mol. The highest BCUT2D eigenvalue weighted by Crippen LogP contribution is 2.24. The maximum atomic E-state index is 5.49. The second kappa shape index (κ2) is 6.04. The maximum absolute atomic E-state index is 5.49. The molecule has 0 amide bonds. The second-order valence-corrected chi connectivity index (χ2v) is 4.27. The average molecular weight is 229 g/mol. The molecule has 0 spiro atoms. The molecule has 0 saturated carbocycles. The fourth-order valence-corrected chi connectivity index (χ4v) is 1.30. The van der Waals surface area contributed by atoms with Crippen molar-refractivity contribution in [2.75, 3.05) is 33.0 Å². The summed E-state index contributed by atoms with van der Waals surface area (Å²) < 4.78 is 13.6. The molecule has 5 heteroatoms. The summed E-state index contributed by atoms with van der Waals surface area (Å²) in [7, 11) is 0. The van der Waals surface area contributed by atoms with Gasteiger partial charge in [-0.2, -0.15) is 0 Å². The van der Waals surface area contributed by atoms with Gasteiger partial charge in [0, 0.05) is 13.2 Å². The fraction of sp³-hybridized carbons (Fsp3) is 1.00. The lowest BCUT2D eigenvalue weighted by Gasteiger charge is -2.24. The fourth-order valence-electron chi connectivity index (χ4n) is 0.993. The molecule has 0 aromatic carbocycles. The molecule has 2 fully saturated rings. The molecule has 2 aliphatic heterocycles. The molecular formula is C8H14Cl2O3. The Kier molecular flexibility index (Phi) is 5.36. The van der Waals surface area contributed by atoms with Crippen LogP contribution in [0.25, 0.3) is 0 Å². The summed E-state index contributed by atoms with van der Waals surface area (Å²) in [5.41, 5.74) is 0.